The van der Waals surface area contributed by atoms with Crippen LogP contribution in [-0.4, -0.2) is 27.7 Å². The third-order valence-electron chi connectivity index (χ3n) is 3.55. The summed E-state index contributed by atoms with van der Waals surface area (Å²) in [5.41, 5.74) is 1.38. The molecule has 0 amide bonds. The van der Waals surface area contributed by atoms with Gasteiger partial charge >= 0.3 is 135 Å². The number of alkyl halides is 2. The van der Waals surface area contributed by atoms with Crippen LogP contribution < -0.4 is 21.2 Å². The van der Waals surface area contributed by atoms with Crippen molar-refractivity contribution in [3.05, 3.63) is 35.9 Å². The number of halogens is 2. The van der Waals surface area contributed by atoms with Crippen molar-refractivity contribution in [1.82, 2.24) is 0 Å². The quantitative estimate of drug-likeness (QED) is 0.446. The Morgan fingerprint density at radius 3 is 2.61 bits per heavy atom. The van der Waals surface area contributed by atoms with Crippen molar-refractivity contribution in [2.24, 2.45) is 5.92 Å². The van der Waals surface area contributed by atoms with Crippen LogP contribution in [-0.2, 0) is 14.2 Å². The van der Waals surface area contributed by atoms with Crippen LogP contribution in [0.15, 0.2) is 30.3 Å². The summed E-state index contributed by atoms with van der Waals surface area (Å²) in [5.74, 6) is 0.631. The van der Waals surface area contributed by atoms with Crippen molar-refractivity contribution < 1.29 is 29.0 Å². The van der Waals surface area contributed by atoms with Crippen LogP contribution in [0.5, 0.6) is 0 Å². The van der Waals surface area contributed by atoms with E-state index in [0.717, 1.165) is 10.3 Å². The molecule has 1 saturated heterocycles. The number of ether oxygens (including phenoxy) is 1. The standard InChI is InChI=1S/C14H19I2O2/c1-10-13(9-17-15)18-12(14(10)16-2)8-11-6-4-3-5-7-11/h3-7,10,12-14H,8-9H2,1-2H3/q-1/t10?,12-,13+,14?/m1/s1. The first kappa shape index (κ1) is 15.0. The summed E-state index contributed by atoms with van der Waals surface area (Å²) in [6.45, 7) is 3.03. The fraction of sp³-hybridized carbons (Fsp3) is 0.571. The molecular formula is C14H19I2O2-. The summed E-state index contributed by atoms with van der Waals surface area (Å²) >= 11 is 2.17. The van der Waals surface area contributed by atoms with Gasteiger partial charge in [-0.2, -0.15) is 0 Å². The molecule has 0 aliphatic carbocycles. The molecule has 1 aliphatic rings. The Labute approximate surface area is 134 Å². The van der Waals surface area contributed by atoms with E-state index in [4.69, 9.17) is 7.80 Å². The minimum absolute atomic E-state index is 0.204. The van der Waals surface area contributed by atoms with Crippen LogP contribution in [0.1, 0.15) is 12.5 Å². The van der Waals surface area contributed by atoms with Gasteiger partial charge in [-0.25, -0.2) is 0 Å². The third kappa shape index (κ3) is 3.58. The van der Waals surface area contributed by atoms with E-state index >= 15 is 0 Å². The van der Waals surface area contributed by atoms with Crippen molar-refractivity contribution >= 4 is 23.0 Å². The summed E-state index contributed by atoms with van der Waals surface area (Å²) in [5, 5.41) is 0. The van der Waals surface area contributed by atoms with Gasteiger partial charge in [0.25, 0.3) is 0 Å². The van der Waals surface area contributed by atoms with Gasteiger partial charge in [0, 0.05) is 0 Å². The van der Waals surface area contributed by atoms with Crippen molar-refractivity contribution in [3.63, 3.8) is 0 Å². The zero-order chi connectivity index (χ0) is 13.0. The summed E-state index contributed by atoms with van der Waals surface area (Å²) in [4.78, 5) is 2.37. The number of hydrogen-bond donors (Lipinski definition) is 0. The molecule has 2 unspecified atom stereocenters. The first-order chi connectivity index (χ1) is 8.76. The third-order valence-corrected chi connectivity index (χ3v) is 7.29. The maximum absolute atomic E-state index is 6.22. The molecule has 1 heterocycles. The molecule has 102 valence electrons. The predicted molar refractivity (Wildman–Crippen MR) is 77.7 cm³/mol. The minimum atomic E-state index is 0.204. The molecule has 4 heteroatoms. The summed E-state index contributed by atoms with van der Waals surface area (Å²) in [7, 11) is 0. The van der Waals surface area contributed by atoms with Crippen molar-refractivity contribution in [3.8, 4) is 0 Å². The van der Waals surface area contributed by atoms with E-state index in [1.165, 1.54) is 5.56 Å². The number of rotatable bonds is 5. The van der Waals surface area contributed by atoms with Crippen LogP contribution in [0.3, 0.4) is 0 Å². The first-order valence-electron chi connectivity index (χ1n) is 6.17. The van der Waals surface area contributed by atoms with Gasteiger partial charge in [0.05, 0.1) is 0 Å². The molecule has 0 radical (unpaired) electrons. The average molecular weight is 473 g/mol. The van der Waals surface area contributed by atoms with Gasteiger partial charge < -0.3 is 0 Å². The molecule has 1 aromatic rings. The SMILES string of the molecule is C[I-]C1C(C)[C@H](COI)O[C@@H]1Cc1ccccc1. The van der Waals surface area contributed by atoms with Gasteiger partial charge in [-0.1, -0.05) is 0 Å². The topological polar surface area (TPSA) is 18.5 Å². The molecule has 4 atom stereocenters. The Morgan fingerprint density at radius 1 is 1.28 bits per heavy atom. The predicted octanol–water partition coefficient (Wildman–Crippen LogP) is 0.0866. The van der Waals surface area contributed by atoms with Gasteiger partial charge in [0.1, 0.15) is 0 Å². The van der Waals surface area contributed by atoms with Crippen LogP contribution in [0, 0.1) is 5.92 Å². The average Bonchev–Trinajstić information content (AvgIpc) is 2.67. The van der Waals surface area contributed by atoms with E-state index in [1.54, 1.807) is 0 Å². The van der Waals surface area contributed by atoms with Gasteiger partial charge in [0.2, 0.25) is 0 Å². The fourth-order valence-electron chi connectivity index (χ4n) is 2.57. The van der Waals surface area contributed by atoms with Crippen molar-refractivity contribution in [1.29, 1.82) is 0 Å². The Bertz CT molecular complexity index is 358. The molecule has 18 heavy (non-hydrogen) atoms. The Balaban J connectivity index is 2.03. The molecule has 1 fully saturated rings. The zero-order valence-corrected chi connectivity index (χ0v) is 15.0. The molecule has 1 aromatic carbocycles. The number of benzene rings is 1. The van der Waals surface area contributed by atoms with Crippen LogP contribution in [0.2, 0.25) is 0 Å². The van der Waals surface area contributed by atoms with Crippen molar-refractivity contribution in [2.45, 2.75) is 29.5 Å². The Morgan fingerprint density at radius 2 is 2.00 bits per heavy atom. The molecule has 0 aromatic heterocycles. The maximum atomic E-state index is 6.22. The second-order valence-electron chi connectivity index (χ2n) is 4.70. The van der Waals surface area contributed by atoms with Gasteiger partial charge in [-0.3, -0.25) is 0 Å². The van der Waals surface area contributed by atoms with E-state index in [0.29, 0.717) is 18.6 Å². The molecule has 0 N–H and O–H groups in total. The first-order valence-corrected chi connectivity index (χ1v) is 10.5. The van der Waals surface area contributed by atoms with E-state index < -0.39 is 0 Å². The molecular weight excluding hydrogens is 454 g/mol. The van der Waals surface area contributed by atoms with Gasteiger partial charge in [0.15, 0.2) is 0 Å². The summed E-state index contributed by atoms with van der Waals surface area (Å²) in [6, 6.07) is 10.7. The number of hydrogen-bond acceptors (Lipinski definition) is 2. The molecule has 2 nitrogen and oxygen atoms in total. The second-order valence-corrected chi connectivity index (χ2v) is 8.01. The Hall–Kier alpha value is 0.600. The molecule has 0 spiro atoms. The van der Waals surface area contributed by atoms with E-state index in [2.05, 4.69) is 42.2 Å². The van der Waals surface area contributed by atoms with Gasteiger partial charge in [-0.15, -0.1) is 0 Å². The van der Waals surface area contributed by atoms with E-state index in [-0.39, 0.29) is 27.3 Å². The molecule has 0 bridgehead atoms. The zero-order valence-electron chi connectivity index (χ0n) is 10.7. The molecule has 2 rings (SSSR count). The van der Waals surface area contributed by atoms with Crippen LogP contribution in [0.4, 0.5) is 0 Å². The summed E-state index contributed by atoms with van der Waals surface area (Å²) in [6.07, 6.45) is 1.71. The fourth-order valence-corrected chi connectivity index (χ4v) is 5.74. The summed E-state index contributed by atoms with van der Waals surface area (Å²) < 4.78 is 12.2. The van der Waals surface area contributed by atoms with Crippen LogP contribution in [0.25, 0.3) is 0 Å². The van der Waals surface area contributed by atoms with Crippen LogP contribution >= 0.6 is 23.0 Å². The van der Waals surface area contributed by atoms with Gasteiger partial charge in [-0.05, 0) is 0 Å². The van der Waals surface area contributed by atoms with E-state index in [9.17, 15) is 0 Å². The molecule has 1 aliphatic heterocycles. The normalized spacial score (nSPS) is 31.9. The monoisotopic (exact) mass is 473 g/mol. The molecule has 0 saturated carbocycles. The second kappa shape index (κ2) is 7.40. The van der Waals surface area contributed by atoms with E-state index in [1.807, 2.05) is 23.0 Å². The van der Waals surface area contributed by atoms with Crippen molar-refractivity contribution in [2.75, 3.05) is 11.5 Å². The Kier molecular flexibility index (Phi) is 6.17.